The summed E-state index contributed by atoms with van der Waals surface area (Å²) in [7, 11) is 0. The van der Waals surface area contributed by atoms with Gasteiger partial charge in [-0.15, -0.1) is 0 Å². The number of benzene rings is 1. The van der Waals surface area contributed by atoms with E-state index in [0.29, 0.717) is 32.7 Å². The molecule has 0 radical (unpaired) electrons. The van der Waals surface area contributed by atoms with Gasteiger partial charge in [0.15, 0.2) is 0 Å². The molecule has 1 fully saturated rings. The van der Waals surface area contributed by atoms with Gasteiger partial charge >= 0.3 is 5.97 Å². The number of ether oxygens (including phenoxy) is 2. The summed E-state index contributed by atoms with van der Waals surface area (Å²) >= 11 is 0. The second-order valence-corrected chi connectivity index (χ2v) is 5.69. The van der Waals surface area contributed by atoms with E-state index in [9.17, 15) is 9.59 Å². The average molecular weight is 305 g/mol. The summed E-state index contributed by atoms with van der Waals surface area (Å²) in [6.07, 6.45) is 0.163. The maximum atomic E-state index is 12.6. The van der Waals surface area contributed by atoms with E-state index in [2.05, 4.69) is 0 Å². The summed E-state index contributed by atoms with van der Waals surface area (Å²) in [6.45, 7) is 1.60. The van der Waals surface area contributed by atoms with Crippen molar-refractivity contribution >= 4 is 11.9 Å². The van der Waals surface area contributed by atoms with Gasteiger partial charge in [0.1, 0.15) is 12.4 Å². The van der Waals surface area contributed by atoms with Crippen molar-refractivity contribution in [2.45, 2.75) is 18.9 Å². The van der Waals surface area contributed by atoms with Gasteiger partial charge in [-0.1, -0.05) is 18.2 Å². The molecule has 118 valence electrons. The second-order valence-electron chi connectivity index (χ2n) is 5.69. The highest BCUT2D eigenvalue weighted by Gasteiger charge is 2.33. The third-order valence-electron chi connectivity index (χ3n) is 4.08. The van der Waals surface area contributed by atoms with Crippen molar-refractivity contribution in [3.8, 4) is 5.75 Å². The molecule has 0 spiro atoms. The Morgan fingerprint density at radius 3 is 2.95 bits per heavy atom. The standard InChI is InChI=1S/C16H19NO5/c18-15(19)8-13-9-17(5-6-21-13)16(20)12-7-11-3-1-2-4-14(11)22-10-12/h1-4,12-13H,5-10H2,(H,18,19)/t12-,13-/m1/s1. The SMILES string of the molecule is O=C(O)C[C@@H]1CN(C(=O)[C@H]2COc3ccccc3C2)CCO1. The van der Waals surface area contributed by atoms with Gasteiger partial charge in [-0.25, -0.2) is 0 Å². The zero-order valence-electron chi connectivity index (χ0n) is 12.2. The summed E-state index contributed by atoms with van der Waals surface area (Å²) in [4.78, 5) is 25.1. The summed E-state index contributed by atoms with van der Waals surface area (Å²) < 4.78 is 11.1. The van der Waals surface area contributed by atoms with Gasteiger partial charge < -0.3 is 19.5 Å². The summed E-state index contributed by atoms with van der Waals surface area (Å²) in [5.74, 6) is -0.252. The largest absolute Gasteiger partial charge is 0.492 e. The number of rotatable bonds is 3. The first-order valence-corrected chi connectivity index (χ1v) is 7.46. The number of carbonyl (C=O) groups excluding carboxylic acids is 1. The third kappa shape index (κ3) is 3.22. The molecular weight excluding hydrogens is 286 g/mol. The van der Waals surface area contributed by atoms with E-state index in [-0.39, 0.29) is 18.2 Å². The number of para-hydroxylation sites is 1. The summed E-state index contributed by atoms with van der Waals surface area (Å²) in [5.41, 5.74) is 1.04. The Kier molecular flexibility index (Phi) is 4.29. The Hall–Kier alpha value is -2.08. The molecule has 3 rings (SSSR count). The van der Waals surface area contributed by atoms with E-state index >= 15 is 0 Å². The molecule has 2 aliphatic rings. The Bertz CT molecular complexity index is 573. The minimum absolute atomic E-state index is 0.0215. The molecule has 0 saturated carbocycles. The molecule has 1 aromatic rings. The van der Waals surface area contributed by atoms with Crippen molar-refractivity contribution < 1.29 is 24.2 Å². The van der Waals surface area contributed by atoms with Crippen LogP contribution in [0, 0.1) is 5.92 Å². The lowest BCUT2D eigenvalue weighted by atomic mass is 9.95. The molecule has 2 atom stereocenters. The number of amides is 1. The minimum Gasteiger partial charge on any atom is -0.492 e. The van der Waals surface area contributed by atoms with Crippen LogP contribution in [-0.2, 0) is 20.7 Å². The number of hydrogen-bond donors (Lipinski definition) is 1. The predicted octanol–water partition coefficient (Wildman–Crippen LogP) is 0.940. The van der Waals surface area contributed by atoms with Crippen LogP contribution in [0.3, 0.4) is 0 Å². The molecule has 0 aliphatic carbocycles. The fourth-order valence-corrected chi connectivity index (χ4v) is 2.98. The summed E-state index contributed by atoms with van der Waals surface area (Å²) in [5, 5.41) is 8.85. The van der Waals surface area contributed by atoms with Crippen molar-refractivity contribution in [2.75, 3.05) is 26.3 Å². The van der Waals surface area contributed by atoms with Gasteiger partial charge in [0.25, 0.3) is 0 Å². The highest BCUT2D eigenvalue weighted by molar-refractivity contribution is 5.80. The fourth-order valence-electron chi connectivity index (χ4n) is 2.98. The van der Waals surface area contributed by atoms with Crippen molar-refractivity contribution in [2.24, 2.45) is 5.92 Å². The number of fused-ring (bicyclic) bond motifs is 1. The van der Waals surface area contributed by atoms with Gasteiger partial charge in [0.05, 0.1) is 25.0 Å². The normalized spacial score (nSPS) is 24.3. The van der Waals surface area contributed by atoms with E-state index < -0.39 is 12.1 Å². The highest BCUT2D eigenvalue weighted by Crippen LogP contribution is 2.28. The third-order valence-corrected chi connectivity index (χ3v) is 4.08. The monoisotopic (exact) mass is 305 g/mol. The second kappa shape index (κ2) is 6.36. The van der Waals surface area contributed by atoms with Crippen molar-refractivity contribution in [3.05, 3.63) is 29.8 Å². The number of hydrogen-bond acceptors (Lipinski definition) is 4. The molecule has 1 saturated heterocycles. The Morgan fingerprint density at radius 2 is 2.14 bits per heavy atom. The Labute approximate surface area is 128 Å². The number of morpholine rings is 1. The number of nitrogens with zero attached hydrogens (tertiary/aromatic N) is 1. The maximum Gasteiger partial charge on any atom is 0.306 e. The Balaban J connectivity index is 1.63. The smallest absolute Gasteiger partial charge is 0.306 e. The van der Waals surface area contributed by atoms with Crippen LogP contribution in [0.15, 0.2) is 24.3 Å². The van der Waals surface area contributed by atoms with E-state index in [1.165, 1.54) is 0 Å². The average Bonchev–Trinajstić information content (AvgIpc) is 2.53. The molecule has 6 nitrogen and oxygen atoms in total. The van der Waals surface area contributed by atoms with Crippen LogP contribution in [0.5, 0.6) is 5.75 Å². The van der Waals surface area contributed by atoms with E-state index in [4.69, 9.17) is 14.6 Å². The van der Waals surface area contributed by atoms with E-state index in [1.54, 1.807) is 4.90 Å². The van der Waals surface area contributed by atoms with Crippen molar-refractivity contribution in [1.29, 1.82) is 0 Å². The molecule has 0 unspecified atom stereocenters. The first kappa shape index (κ1) is 14.8. The number of carbonyl (C=O) groups is 2. The molecule has 1 aromatic carbocycles. The van der Waals surface area contributed by atoms with Crippen molar-refractivity contribution in [3.63, 3.8) is 0 Å². The van der Waals surface area contributed by atoms with Gasteiger partial charge in [0, 0.05) is 13.1 Å². The molecule has 6 heteroatoms. The molecule has 22 heavy (non-hydrogen) atoms. The topological polar surface area (TPSA) is 76.1 Å². The molecular formula is C16H19NO5. The fraction of sp³-hybridized carbons (Fsp3) is 0.500. The highest BCUT2D eigenvalue weighted by atomic mass is 16.5. The van der Waals surface area contributed by atoms with Gasteiger partial charge in [0.2, 0.25) is 5.91 Å². The van der Waals surface area contributed by atoms with Gasteiger partial charge in [-0.05, 0) is 18.1 Å². The minimum atomic E-state index is -0.908. The number of carboxylic acids is 1. The summed E-state index contributed by atoms with van der Waals surface area (Å²) in [6, 6.07) is 7.74. The zero-order chi connectivity index (χ0) is 15.5. The first-order valence-electron chi connectivity index (χ1n) is 7.46. The molecule has 1 amide bonds. The maximum absolute atomic E-state index is 12.6. The molecule has 2 aliphatic heterocycles. The zero-order valence-corrected chi connectivity index (χ0v) is 12.2. The molecule has 0 bridgehead atoms. The molecule has 2 heterocycles. The molecule has 0 aromatic heterocycles. The lowest BCUT2D eigenvalue weighted by Gasteiger charge is -2.35. The van der Waals surface area contributed by atoms with Gasteiger partial charge in [-0.2, -0.15) is 0 Å². The van der Waals surface area contributed by atoms with Crippen LogP contribution in [-0.4, -0.2) is 54.3 Å². The van der Waals surface area contributed by atoms with Crippen LogP contribution >= 0.6 is 0 Å². The van der Waals surface area contributed by atoms with Crippen molar-refractivity contribution in [1.82, 2.24) is 4.90 Å². The first-order chi connectivity index (χ1) is 10.6. The number of aliphatic carboxylic acids is 1. The lowest BCUT2D eigenvalue weighted by molar-refractivity contribution is -0.150. The molecule has 1 N–H and O–H groups in total. The van der Waals surface area contributed by atoms with Gasteiger partial charge in [-0.3, -0.25) is 9.59 Å². The quantitative estimate of drug-likeness (QED) is 0.899. The van der Waals surface area contributed by atoms with E-state index in [0.717, 1.165) is 11.3 Å². The predicted molar refractivity (Wildman–Crippen MR) is 77.7 cm³/mol. The number of carboxylic acid groups (broad SMARTS) is 1. The van der Waals surface area contributed by atoms with E-state index in [1.807, 2.05) is 24.3 Å². The van der Waals surface area contributed by atoms with Crippen LogP contribution in [0.1, 0.15) is 12.0 Å². The Morgan fingerprint density at radius 1 is 1.32 bits per heavy atom. The lowest BCUT2D eigenvalue weighted by Crippen LogP contribution is -2.50. The van der Waals surface area contributed by atoms with Crippen LogP contribution in [0.2, 0.25) is 0 Å². The van der Waals surface area contributed by atoms with Crippen LogP contribution in [0.25, 0.3) is 0 Å². The van der Waals surface area contributed by atoms with Crippen LogP contribution < -0.4 is 4.74 Å². The van der Waals surface area contributed by atoms with Crippen LogP contribution in [0.4, 0.5) is 0 Å².